The number of ether oxygens (including phenoxy) is 1. The number of methoxy groups -OCH3 is 1. The molecule has 1 aromatic carbocycles. The number of hydrogen-bond acceptors (Lipinski definition) is 5. The lowest BCUT2D eigenvalue weighted by atomic mass is 10.1. The minimum absolute atomic E-state index is 0.373. The molecule has 6 nitrogen and oxygen atoms in total. The first-order valence-electron chi connectivity index (χ1n) is 6.80. The summed E-state index contributed by atoms with van der Waals surface area (Å²) in [4.78, 5) is 12.1. The number of nitrogens with zero attached hydrogens (tertiary/aromatic N) is 2. The van der Waals surface area contributed by atoms with Crippen molar-refractivity contribution in [3.63, 3.8) is 0 Å². The molecule has 3 N–H and O–H groups in total. The standard InChI is InChI=1S/C15H20N4O2/c1-4-19-14(12(16)10(2)18-19)17-13(15(20)21-3)11-8-6-5-7-9-11/h5-9,13,17H,4,16H2,1-3H3. The lowest BCUT2D eigenvalue weighted by Crippen LogP contribution is -2.24. The van der Waals surface area contributed by atoms with Crippen LogP contribution in [0.3, 0.4) is 0 Å². The van der Waals surface area contributed by atoms with Gasteiger partial charge in [-0.1, -0.05) is 30.3 Å². The van der Waals surface area contributed by atoms with E-state index in [2.05, 4.69) is 10.4 Å². The predicted molar refractivity (Wildman–Crippen MR) is 81.9 cm³/mol. The van der Waals surface area contributed by atoms with Gasteiger partial charge in [0.1, 0.15) is 5.82 Å². The van der Waals surface area contributed by atoms with Crippen molar-refractivity contribution in [2.75, 3.05) is 18.2 Å². The van der Waals surface area contributed by atoms with E-state index in [9.17, 15) is 4.79 Å². The van der Waals surface area contributed by atoms with Gasteiger partial charge in [0.15, 0.2) is 6.04 Å². The summed E-state index contributed by atoms with van der Waals surface area (Å²) in [6.07, 6.45) is 0. The Balaban J connectivity index is 2.39. The first kappa shape index (κ1) is 14.9. The number of nitrogen functional groups attached to an aromatic ring is 1. The molecule has 1 heterocycles. The van der Waals surface area contributed by atoms with Gasteiger partial charge in [-0.3, -0.25) is 0 Å². The third-order valence-electron chi connectivity index (χ3n) is 3.32. The zero-order valence-electron chi connectivity index (χ0n) is 12.5. The van der Waals surface area contributed by atoms with Crippen LogP contribution in [0.5, 0.6) is 0 Å². The Hall–Kier alpha value is -2.50. The van der Waals surface area contributed by atoms with Crippen molar-refractivity contribution >= 4 is 17.5 Å². The van der Waals surface area contributed by atoms with Crippen molar-refractivity contribution < 1.29 is 9.53 Å². The van der Waals surface area contributed by atoms with Crippen LogP contribution in [0.25, 0.3) is 0 Å². The summed E-state index contributed by atoms with van der Waals surface area (Å²) in [5, 5.41) is 7.49. The molecule has 0 radical (unpaired) electrons. The molecule has 1 aromatic heterocycles. The number of esters is 1. The largest absolute Gasteiger partial charge is 0.467 e. The number of aromatic nitrogens is 2. The molecular formula is C15H20N4O2. The van der Waals surface area contributed by atoms with Crippen LogP contribution in [0.1, 0.15) is 24.2 Å². The fraction of sp³-hybridized carbons (Fsp3) is 0.333. The average molecular weight is 288 g/mol. The van der Waals surface area contributed by atoms with Gasteiger partial charge in [-0.2, -0.15) is 5.10 Å². The molecule has 2 rings (SSSR count). The van der Waals surface area contributed by atoms with Gasteiger partial charge in [-0.05, 0) is 19.4 Å². The number of carbonyl (C=O) groups excluding carboxylic acids is 1. The van der Waals surface area contributed by atoms with Crippen LogP contribution in [-0.4, -0.2) is 22.9 Å². The van der Waals surface area contributed by atoms with Crippen LogP contribution in [0.2, 0.25) is 0 Å². The van der Waals surface area contributed by atoms with E-state index in [0.717, 1.165) is 11.3 Å². The highest BCUT2D eigenvalue weighted by Gasteiger charge is 2.24. The van der Waals surface area contributed by atoms with Crippen molar-refractivity contribution in [1.29, 1.82) is 0 Å². The van der Waals surface area contributed by atoms with Crippen LogP contribution in [0.4, 0.5) is 11.5 Å². The van der Waals surface area contributed by atoms with Crippen LogP contribution < -0.4 is 11.1 Å². The third-order valence-corrected chi connectivity index (χ3v) is 3.32. The molecule has 0 aliphatic rings. The zero-order valence-corrected chi connectivity index (χ0v) is 12.5. The van der Waals surface area contributed by atoms with Crippen molar-refractivity contribution in [1.82, 2.24) is 9.78 Å². The number of hydrogen-bond donors (Lipinski definition) is 2. The van der Waals surface area contributed by atoms with Crippen molar-refractivity contribution in [2.24, 2.45) is 0 Å². The Morgan fingerprint density at radius 3 is 2.67 bits per heavy atom. The quantitative estimate of drug-likeness (QED) is 0.824. The van der Waals surface area contributed by atoms with Crippen molar-refractivity contribution in [2.45, 2.75) is 26.4 Å². The normalized spacial score (nSPS) is 12.0. The first-order valence-corrected chi connectivity index (χ1v) is 6.80. The van der Waals surface area contributed by atoms with Crippen LogP contribution in [0, 0.1) is 6.92 Å². The Morgan fingerprint density at radius 1 is 1.43 bits per heavy atom. The first-order chi connectivity index (χ1) is 10.1. The second-order valence-corrected chi connectivity index (χ2v) is 4.67. The van der Waals surface area contributed by atoms with Crippen LogP contribution >= 0.6 is 0 Å². The summed E-state index contributed by atoms with van der Waals surface area (Å²) < 4.78 is 6.63. The average Bonchev–Trinajstić information content (AvgIpc) is 2.79. The summed E-state index contributed by atoms with van der Waals surface area (Å²) in [5.74, 6) is 0.261. The monoisotopic (exact) mass is 288 g/mol. The number of nitrogens with one attached hydrogen (secondary N) is 1. The van der Waals surface area contributed by atoms with Gasteiger partial charge in [-0.15, -0.1) is 0 Å². The lowest BCUT2D eigenvalue weighted by Gasteiger charge is -2.19. The Labute approximate surface area is 123 Å². The van der Waals surface area contributed by atoms with E-state index in [1.807, 2.05) is 44.2 Å². The van der Waals surface area contributed by atoms with E-state index in [4.69, 9.17) is 10.5 Å². The molecule has 0 spiro atoms. The number of nitrogens with two attached hydrogens (primary N) is 1. The summed E-state index contributed by atoms with van der Waals surface area (Å²) in [7, 11) is 1.37. The Kier molecular flexibility index (Phi) is 4.47. The fourth-order valence-corrected chi connectivity index (χ4v) is 2.15. The van der Waals surface area contributed by atoms with Crippen molar-refractivity contribution in [3.05, 3.63) is 41.6 Å². The molecule has 1 atom stereocenters. The van der Waals surface area contributed by atoms with E-state index in [0.29, 0.717) is 18.1 Å². The Morgan fingerprint density at radius 2 is 2.10 bits per heavy atom. The molecule has 21 heavy (non-hydrogen) atoms. The Bertz CT molecular complexity index is 622. The second-order valence-electron chi connectivity index (χ2n) is 4.67. The fourth-order valence-electron chi connectivity index (χ4n) is 2.15. The number of aryl methyl sites for hydroxylation is 2. The molecule has 0 bridgehead atoms. The molecule has 1 unspecified atom stereocenters. The maximum Gasteiger partial charge on any atom is 0.333 e. The molecule has 0 amide bonds. The lowest BCUT2D eigenvalue weighted by molar-refractivity contribution is -0.141. The number of benzene rings is 1. The van der Waals surface area contributed by atoms with Gasteiger partial charge in [0.25, 0.3) is 0 Å². The van der Waals surface area contributed by atoms with E-state index in [-0.39, 0.29) is 5.97 Å². The van der Waals surface area contributed by atoms with E-state index < -0.39 is 6.04 Å². The van der Waals surface area contributed by atoms with Gasteiger partial charge >= 0.3 is 5.97 Å². The van der Waals surface area contributed by atoms with E-state index in [1.54, 1.807) is 4.68 Å². The van der Waals surface area contributed by atoms with Gasteiger partial charge in [0.2, 0.25) is 0 Å². The van der Waals surface area contributed by atoms with Gasteiger partial charge < -0.3 is 15.8 Å². The molecule has 0 aliphatic carbocycles. The topological polar surface area (TPSA) is 82.2 Å². The summed E-state index contributed by atoms with van der Waals surface area (Å²) in [6.45, 7) is 4.46. The minimum atomic E-state index is -0.625. The van der Waals surface area contributed by atoms with Crippen molar-refractivity contribution in [3.8, 4) is 0 Å². The highest BCUT2D eigenvalue weighted by Crippen LogP contribution is 2.27. The van der Waals surface area contributed by atoms with Crippen LogP contribution in [0.15, 0.2) is 30.3 Å². The van der Waals surface area contributed by atoms with Gasteiger partial charge in [-0.25, -0.2) is 9.48 Å². The second kappa shape index (κ2) is 6.30. The van der Waals surface area contributed by atoms with Gasteiger partial charge in [0, 0.05) is 6.54 Å². The van der Waals surface area contributed by atoms with E-state index in [1.165, 1.54) is 7.11 Å². The molecule has 0 aliphatic heterocycles. The molecule has 0 saturated carbocycles. The number of anilines is 2. The predicted octanol–water partition coefficient (Wildman–Crippen LogP) is 2.12. The van der Waals surface area contributed by atoms with Crippen LogP contribution in [-0.2, 0) is 16.1 Å². The smallest absolute Gasteiger partial charge is 0.333 e. The number of carbonyl (C=O) groups is 1. The summed E-state index contributed by atoms with van der Waals surface area (Å²) >= 11 is 0. The molecule has 2 aromatic rings. The highest BCUT2D eigenvalue weighted by molar-refractivity contribution is 5.82. The maximum atomic E-state index is 12.1. The maximum absolute atomic E-state index is 12.1. The van der Waals surface area contributed by atoms with E-state index >= 15 is 0 Å². The molecule has 0 saturated heterocycles. The molecule has 112 valence electrons. The number of rotatable bonds is 5. The molecule has 0 fully saturated rings. The third kappa shape index (κ3) is 2.99. The highest BCUT2D eigenvalue weighted by atomic mass is 16.5. The summed E-state index contributed by atoms with van der Waals surface area (Å²) in [5.41, 5.74) is 8.14. The minimum Gasteiger partial charge on any atom is -0.467 e. The summed E-state index contributed by atoms with van der Waals surface area (Å²) in [6, 6.07) is 8.75. The molecular weight excluding hydrogens is 268 g/mol. The van der Waals surface area contributed by atoms with Gasteiger partial charge in [0.05, 0.1) is 18.5 Å². The SMILES string of the molecule is CCn1nc(C)c(N)c1NC(C(=O)OC)c1ccccc1. The molecule has 6 heteroatoms. The zero-order chi connectivity index (χ0) is 15.4.